The molecule has 0 amide bonds. The zero-order valence-electron chi connectivity index (χ0n) is 14.5. The van der Waals surface area contributed by atoms with Crippen molar-refractivity contribution in [2.45, 2.75) is 26.8 Å². The van der Waals surface area contributed by atoms with Gasteiger partial charge >= 0.3 is 0 Å². The maximum Gasteiger partial charge on any atom is 0.150 e. The lowest BCUT2D eigenvalue weighted by atomic mass is 10.1. The summed E-state index contributed by atoms with van der Waals surface area (Å²) in [6.07, 6.45) is 3.10. The number of methoxy groups -OCH3 is 1. The third-order valence-electron chi connectivity index (χ3n) is 3.87. The molecule has 0 saturated heterocycles. The van der Waals surface area contributed by atoms with Gasteiger partial charge in [-0.1, -0.05) is 19.0 Å². The number of aromatic nitrogens is 1. The molecule has 0 bridgehead atoms. The second-order valence-corrected chi connectivity index (χ2v) is 6.48. The van der Waals surface area contributed by atoms with Crippen molar-refractivity contribution in [3.63, 3.8) is 0 Å². The number of nitrogens with one attached hydrogen (secondary N) is 1. The zero-order valence-corrected chi connectivity index (χ0v) is 14.5. The fourth-order valence-corrected chi connectivity index (χ4v) is 2.73. The van der Waals surface area contributed by atoms with Gasteiger partial charge in [-0.2, -0.15) is 0 Å². The molecule has 2 aromatic rings. The van der Waals surface area contributed by atoms with Gasteiger partial charge in [0, 0.05) is 18.2 Å². The molecule has 3 rings (SSSR count). The van der Waals surface area contributed by atoms with Crippen molar-refractivity contribution in [2.75, 3.05) is 20.3 Å². The van der Waals surface area contributed by atoms with Gasteiger partial charge in [-0.05, 0) is 42.2 Å². The van der Waals surface area contributed by atoms with Gasteiger partial charge in [-0.25, -0.2) is 0 Å². The monoisotopic (exact) mass is 328 g/mol. The van der Waals surface area contributed by atoms with Gasteiger partial charge in [0.1, 0.15) is 18.1 Å². The molecular formula is C19H24N2O3. The van der Waals surface area contributed by atoms with Gasteiger partial charge in [0.15, 0.2) is 5.76 Å². The van der Waals surface area contributed by atoms with E-state index in [-0.39, 0.29) is 0 Å². The van der Waals surface area contributed by atoms with Crippen molar-refractivity contribution in [1.29, 1.82) is 0 Å². The van der Waals surface area contributed by atoms with Crippen molar-refractivity contribution in [3.8, 4) is 11.5 Å². The summed E-state index contributed by atoms with van der Waals surface area (Å²) >= 11 is 0. The van der Waals surface area contributed by atoms with E-state index in [1.165, 1.54) is 5.57 Å². The summed E-state index contributed by atoms with van der Waals surface area (Å²) in [5, 5.41) is 7.49. The predicted octanol–water partition coefficient (Wildman–Crippen LogP) is 3.45. The lowest BCUT2D eigenvalue weighted by Crippen LogP contribution is -2.21. The van der Waals surface area contributed by atoms with Crippen LogP contribution in [0.3, 0.4) is 0 Å². The summed E-state index contributed by atoms with van der Waals surface area (Å²) in [4.78, 5) is 0. The van der Waals surface area contributed by atoms with E-state index in [2.05, 4.69) is 30.4 Å². The topological polar surface area (TPSA) is 56.5 Å². The maximum atomic E-state index is 5.79. The molecule has 0 saturated carbocycles. The summed E-state index contributed by atoms with van der Waals surface area (Å²) < 4.78 is 16.4. The van der Waals surface area contributed by atoms with Crippen molar-refractivity contribution < 1.29 is 14.0 Å². The van der Waals surface area contributed by atoms with E-state index >= 15 is 0 Å². The third kappa shape index (κ3) is 4.17. The van der Waals surface area contributed by atoms with E-state index in [0.29, 0.717) is 19.1 Å². The van der Waals surface area contributed by atoms with E-state index in [0.717, 1.165) is 41.5 Å². The summed E-state index contributed by atoms with van der Waals surface area (Å²) in [7, 11) is 1.67. The number of ether oxygens (including phenoxy) is 2. The van der Waals surface area contributed by atoms with Crippen molar-refractivity contribution >= 4 is 6.08 Å². The normalized spacial score (nSPS) is 13.4. The van der Waals surface area contributed by atoms with Gasteiger partial charge < -0.3 is 19.3 Å². The molecule has 0 aliphatic carbocycles. The molecule has 1 aliphatic heterocycles. The summed E-state index contributed by atoms with van der Waals surface area (Å²) in [5.41, 5.74) is 3.26. The standard InChI is InChI=1S/C19H24N2O3/c1-13(2)6-16-9-18(24-21-16)11-20-10-14-7-15-8-17(22-3)4-5-19(15)23-12-14/h4-5,7-9,13,20H,6,10-12H2,1-3H3. The van der Waals surface area contributed by atoms with Gasteiger partial charge in [0.2, 0.25) is 0 Å². The van der Waals surface area contributed by atoms with Crippen LogP contribution in [0.1, 0.15) is 30.9 Å². The second-order valence-electron chi connectivity index (χ2n) is 6.48. The first kappa shape index (κ1) is 16.6. The van der Waals surface area contributed by atoms with Crippen LogP contribution < -0.4 is 14.8 Å². The summed E-state index contributed by atoms with van der Waals surface area (Å²) in [5.74, 6) is 3.18. The highest BCUT2D eigenvalue weighted by Gasteiger charge is 2.12. The second kappa shape index (κ2) is 7.53. The van der Waals surface area contributed by atoms with E-state index in [1.807, 2.05) is 24.3 Å². The van der Waals surface area contributed by atoms with Crippen LogP contribution in [0.2, 0.25) is 0 Å². The molecule has 128 valence electrons. The fourth-order valence-electron chi connectivity index (χ4n) is 2.73. The molecular weight excluding hydrogens is 304 g/mol. The van der Waals surface area contributed by atoms with Crippen LogP contribution in [0.15, 0.2) is 34.4 Å². The zero-order chi connectivity index (χ0) is 16.9. The Morgan fingerprint density at radius 3 is 2.92 bits per heavy atom. The largest absolute Gasteiger partial charge is 0.497 e. The minimum Gasteiger partial charge on any atom is -0.497 e. The number of fused-ring (bicyclic) bond motifs is 1. The average Bonchev–Trinajstić information content (AvgIpc) is 3.00. The Bertz CT molecular complexity index is 719. The Kier molecular flexibility index (Phi) is 5.20. The smallest absolute Gasteiger partial charge is 0.150 e. The van der Waals surface area contributed by atoms with Crippen molar-refractivity contribution in [2.24, 2.45) is 5.92 Å². The number of benzene rings is 1. The van der Waals surface area contributed by atoms with E-state index in [9.17, 15) is 0 Å². The first-order valence-electron chi connectivity index (χ1n) is 8.29. The average molecular weight is 328 g/mol. The van der Waals surface area contributed by atoms with Crippen LogP contribution in [-0.4, -0.2) is 25.4 Å². The van der Waals surface area contributed by atoms with Crippen LogP contribution in [-0.2, 0) is 13.0 Å². The van der Waals surface area contributed by atoms with Gasteiger partial charge in [-0.3, -0.25) is 0 Å². The maximum absolute atomic E-state index is 5.79. The van der Waals surface area contributed by atoms with Gasteiger partial charge in [-0.15, -0.1) is 0 Å². The molecule has 0 radical (unpaired) electrons. The molecule has 2 heterocycles. The Balaban J connectivity index is 1.55. The Morgan fingerprint density at radius 1 is 1.25 bits per heavy atom. The molecule has 0 unspecified atom stereocenters. The highest BCUT2D eigenvalue weighted by molar-refractivity contribution is 5.64. The van der Waals surface area contributed by atoms with Gasteiger partial charge in [0.05, 0.1) is 19.3 Å². The first-order valence-corrected chi connectivity index (χ1v) is 8.29. The minimum atomic E-state index is 0.581. The molecule has 24 heavy (non-hydrogen) atoms. The molecule has 0 spiro atoms. The molecule has 1 aromatic carbocycles. The number of hydrogen-bond acceptors (Lipinski definition) is 5. The Labute approximate surface area is 142 Å². The van der Waals surface area contributed by atoms with Crippen LogP contribution in [0.25, 0.3) is 6.08 Å². The lowest BCUT2D eigenvalue weighted by Gasteiger charge is -2.18. The molecule has 1 aliphatic rings. The van der Waals surface area contributed by atoms with Crippen LogP contribution >= 0.6 is 0 Å². The molecule has 5 nitrogen and oxygen atoms in total. The Morgan fingerprint density at radius 2 is 2.12 bits per heavy atom. The number of rotatable bonds is 7. The molecule has 1 aromatic heterocycles. The SMILES string of the molecule is COc1ccc2c(c1)C=C(CNCc1cc(CC(C)C)no1)CO2. The highest BCUT2D eigenvalue weighted by Crippen LogP contribution is 2.29. The molecule has 0 fully saturated rings. The summed E-state index contributed by atoms with van der Waals surface area (Å²) in [6, 6.07) is 7.87. The number of nitrogens with zero attached hydrogens (tertiary/aromatic N) is 1. The minimum absolute atomic E-state index is 0.581. The van der Waals surface area contributed by atoms with Crippen molar-refractivity contribution in [1.82, 2.24) is 10.5 Å². The van der Waals surface area contributed by atoms with Crippen LogP contribution in [0, 0.1) is 5.92 Å². The molecule has 1 N–H and O–H groups in total. The van der Waals surface area contributed by atoms with E-state index in [4.69, 9.17) is 14.0 Å². The lowest BCUT2D eigenvalue weighted by molar-refractivity contribution is 0.338. The summed E-state index contributed by atoms with van der Waals surface area (Å²) in [6.45, 7) is 6.36. The molecule has 5 heteroatoms. The van der Waals surface area contributed by atoms with Crippen LogP contribution in [0.5, 0.6) is 11.5 Å². The Hall–Kier alpha value is -2.27. The van der Waals surface area contributed by atoms with Gasteiger partial charge in [0.25, 0.3) is 0 Å². The van der Waals surface area contributed by atoms with Crippen LogP contribution in [0.4, 0.5) is 0 Å². The third-order valence-corrected chi connectivity index (χ3v) is 3.87. The van der Waals surface area contributed by atoms with Crippen molar-refractivity contribution in [3.05, 3.63) is 46.9 Å². The fraction of sp³-hybridized carbons (Fsp3) is 0.421. The quantitative estimate of drug-likeness (QED) is 0.844. The first-order chi connectivity index (χ1) is 11.6. The highest BCUT2D eigenvalue weighted by atomic mass is 16.5. The molecule has 0 atom stereocenters. The van der Waals surface area contributed by atoms with E-state index < -0.39 is 0 Å². The van der Waals surface area contributed by atoms with E-state index in [1.54, 1.807) is 7.11 Å². The predicted molar refractivity (Wildman–Crippen MR) is 93.2 cm³/mol. The number of hydrogen-bond donors (Lipinski definition) is 1.